The number of benzene rings is 2. The summed E-state index contributed by atoms with van der Waals surface area (Å²) in [5.74, 6) is -1.49. The molecule has 32 heavy (non-hydrogen) atoms. The van der Waals surface area contributed by atoms with Gasteiger partial charge in [0.1, 0.15) is 11.5 Å². The normalized spacial score (nSPS) is 13.8. The van der Waals surface area contributed by atoms with Gasteiger partial charge < -0.3 is 4.42 Å². The molecule has 2 aromatic heterocycles. The number of alkyl halides is 2. The molecule has 0 fully saturated rings. The summed E-state index contributed by atoms with van der Waals surface area (Å²) in [5, 5.41) is 15.3. The molecule has 0 amide bonds. The van der Waals surface area contributed by atoms with Gasteiger partial charge in [-0.2, -0.15) is 8.78 Å². The van der Waals surface area contributed by atoms with Gasteiger partial charge in [-0.3, -0.25) is 4.90 Å². The lowest BCUT2D eigenvalue weighted by Crippen LogP contribution is -2.14. The first-order valence-corrected chi connectivity index (χ1v) is 10.2. The summed E-state index contributed by atoms with van der Waals surface area (Å²) in [5.41, 5.74) is 4.91. The van der Waals surface area contributed by atoms with Crippen molar-refractivity contribution in [2.75, 3.05) is 6.54 Å². The quantitative estimate of drug-likeness (QED) is 0.441. The molecule has 0 atom stereocenters. The van der Waals surface area contributed by atoms with Crippen molar-refractivity contribution in [3.8, 4) is 22.7 Å². The van der Waals surface area contributed by atoms with Crippen molar-refractivity contribution in [1.82, 2.24) is 30.1 Å². The molecule has 164 valence electrons. The van der Waals surface area contributed by atoms with Crippen molar-refractivity contribution in [1.29, 1.82) is 0 Å². The minimum Gasteiger partial charge on any atom is -0.415 e. The van der Waals surface area contributed by atoms with Crippen LogP contribution in [0.25, 0.3) is 22.7 Å². The Morgan fingerprint density at radius 1 is 1.09 bits per heavy atom. The van der Waals surface area contributed by atoms with Gasteiger partial charge in [0.15, 0.2) is 0 Å². The van der Waals surface area contributed by atoms with Gasteiger partial charge in [0.2, 0.25) is 5.89 Å². The lowest BCUT2D eigenvalue weighted by molar-refractivity contribution is 0.116. The number of hydrogen-bond donors (Lipinski definition) is 0. The molecule has 1 aliphatic heterocycles. The van der Waals surface area contributed by atoms with Crippen LogP contribution in [-0.4, -0.2) is 36.6 Å². The molecule has 0 spiro atoms. The maximum Gasteiger partial charge on any atom is 0.314 e. The smallest absolute Gasteiger partial charge is 0.314 e. The summed E-state index contributed by atoms with van der Waals surface area (Å²) < 4.78 is 46.4. The van der Waals surface area contributed by atoms with Crippen LogP contribution in [0, 0.1) is 5.82 Å². The maximum atomic E-state index is 14.7. The van der Waals surface area contributed by atoms with E-state index >= 15 is 0 Å². The Labute approximate surface area is 181 Å². The van der Waals surface area contributed by atoms with Gasteiger partial charge in [-0.25, -0.2) is 9.07 Å². The molecule has 10 heteroatoms. The second kappa shape index (κ2) is 8.19. The van der Waals surface area contributed by atoms with Crippen LogP contribution < -0.4 is 0 Å². The molecule has 0 N–H and O–H groups in total. The van der Waals surface area contributed by atoms with Gasteiger partial charge in [0.25, 0.3) is 5.89 Å². The maximum absolute atomic E-state index is 14.7. The second-order valence-electron chi connectivity index (χ2n) is 7.60. The number of hydrogen-bond acceptors (Lipinski definition) is 6. The number of fused-ring (bicyclic) bond motifs is 1. The van der Waals surface area contributed by atoms with Crippen molar-refractivity contribution in [3.05, 3.63) is 71.0 Å². The van der Waals surface area contributed by atoms with Crippen molar-refractivity contribution >= 4 is 0 Å². The fraction of sp³-hybridized carbons (Fsp3) is 0.273. The third-order valence-electron chi connectivity index (χ3n) is 5.57. The highest BCUT2D eigenvalue weighted by Gasteiger charge is 2.22. The van der Waals surface area contributed by atoms with Crippen LogP contribution in [0.2, 0.25) is 0 Å². The fourth-order valence-corrected chi connectivity index (χ4v) is 3.88. The highest BCUT2D eigenvalue weighted by Crippen LogP contribution is 2.31. The molecule has 0 radical (unpaired) electrons. The number of halogens is 3. The van der Waals surface area contributed by atoms with E-state index in [-0.39, 0.29) is 18.0 Å². The third-order valence-corrected chi connectivity index (χ3v) is 5.57. The highest BCUT2D eigenvalue weighted by atomic mass is 19.3. The standard InChI is InChI=1S/C22H19F3N6O/c1-2-30-9-14-4-3-5-16(17(14)11-30)19-12-31(29-26-19)10-15-7-6-13(8-18(15)23)21-27-28-22(32-21)20(24)25/h3-8,12,20H,2,9-11H2,1H3. The predicted octanol–water partition coefficient (Wildman–Crippen LogP) is 4.46. The zero-order chi connectivity index (χ0) is 22.2. The van der Waals surface area contributed by atoms with Crippen LogP contribution in [0.15, 0.2) is 47.0 Å². The molecule has 2 aromatic carbocycles. The fourth-order valence-electron chi connectivity index (χ4n) is 3.88. The summed E-state index contributed by atoms with van der Waals surface area (Å²) in [7, 11) is 0. The summed E-state index contributed by atoms with van der Waals surface area (Å²) >= 11 is 0. The molecular formula is C22H19F3N6O. The van der Waals surface area contributed by atoms with E-state index in [2.05, 4.69) is 38.4 Å². The molecule has 7 nitrogen and oxygen atoms in total. The van der Waals surface area contributed by atoms with Crippen LogP contribution >= 0.6 is 0 Å². The summed E-state index contributed by atoms with van der Waals surface area (Å²) in [4.78, 5) is 2.35. The molecule has 0 saturated carbocycles. The first kappa shape index (κ1) is 20.4. The number of nitrogens with zero attached hydrogens (tertiary/aromatic N) is 6. The Bertz CT molecular complexity index is 1270. The van der Waals surface area contributed by atoms with Crippen molar-refractivity contribution in [2.45, 2.75) is 33.0 Å². The van der Waals surface area contributed by atoms with E-state index in [4.69, 9.17) is 4.42 Å². The Hall–Kier alpha value is -3.53. The van der Waals surface area contributed by atoms with Gasteiger partial charge in [-0.15, -0.1) is 15.3 Å². The molecular weight excluding hydrogens is 421 g/mol. The Kier molecular flexibility index (Phi) is 5.22. The van der Waals surface area contributed by atoms with Gasteiger partial charge in [0, 0.05) is 29.8 Å². The molecule has 4 aromatic rings. The van der Waals surface area contributed by atoms with E-state index in [1.54, 1.807) is 16.9 Å². The van der Waals surface area contributed by atoms with Crippen molar-refractivity contribution < 1.29 is 17.6 Å². The van der Waals surface area contributed by atoms with Gasteiger partial charge in [0.05, 0.1) is 12.7 Å². The van der Waals surface area contributed by atoms with E-state index in [1.165, 1.54) is 23.3 Å². The molecule has 0 saturated heterocycles. The van der Waals surface area contributed by atoms with E-state index in [0.717, 1.165) is 30.9 Å². The largest absolute Gasteiger partial charge is 0.415 e. The highest BCUT2D eigenvalue weighted by molar-refractivity contribution is 5.65. The van der Waals surface area contributed by atoms with Crippen LogP contribution in [0.1, 0.15) is 35.9 Å². The SMILES string of the molecule is CCN1Cc2cccc(-c3cn(Cc4ccc(-c5nnc(C(F)F)o5)cc4F)nn3)c2C1. The topological polar surface area (TPSA) is 72.9 Å². The minimum absolute atomic E-state index is 0.159. The third kappa shape index (κ3) is 3.77. The van der Waals surface area contributed by atoms with Crippen molar-refractivity contribution in [2.24, 2.45) is 0 Å². The molecule has 5 rings (SSSR count). The van der Waals surface area contributed by atoms with E-state index in [0.29, 0.717) is 5.56 Å². The Balaban J connectivity index is 1.36. The van der Waals surface area contributed by atoms with Gasteiger partial charge in [-0.1, -0.05) is 36.4 Å². The molecule has 3 heterocycles. The molecule has 0 aliphatic carbocycles. The van der Waals surface area contributed by atoms with Gasteiger partial charge >= 0.3 is 6.43 Å². The first-order valence-electron chi connectivity index (χ1n) is 10.2. The number of aromatic nitrogens is 5. The van der Waals surface area contributed by atoms with Crippen LogP contribution in [0.3, 0.4) is 0 Å². The molecule has 0 unspecified atom stereocenters. The average molecular weight is 440 g/mol. The van der Waals surface area contributed by atoms with Gasteiger partial charge in [-0.05, 0) is 29.8 Å². The van der Waals surface area contributed by atoms with Crippen LogP contribution in [0.5, 0.6) is 0 Å². The molecule has 1 aliphatic rings. The summed E-state index contributed by atoms with van der Waals surface area (Å²) in [6, 6.07) is 10.4. The first-order chi connectivity index (χ1) is 15.5. The lowest BCUT2D eigenvalue weighted by atomic mass is 10.0. The lowest BCUT2D eigenvalue weighted by Gasteiger charge is -2.10. The van der Waals surface area contributed by atoms with Crippen LogP contribution in [0.4, 0.5) is 13.2 Å². The monoisotopic (exact) mass is 440 g/mol. The second-order valence-corrected chi connectivity index (χ2v) is 7.60. The zero-order valence-corrected chi connectivity index (χ0v) is 17.2. The summed E-state index contributed by atoms with van der Waals surface area (Å²) in [6.07, 6.45) is -1.08. The molecule has 0 bridgehead atoms. The summed E-state index contributed by atoms with van der Waals surface area (Å²) in [6.45, 7) is 5.07. The Morgan fingerprint density at radius 3 is 2.72 bits per heavy atom. The van der Waals surface area contributed by atoms with Crippen molar-refractivity contribution in [3.63, 3.8) is 0 Å². The zero-order valence-electron chi connectivity index (χ0n) is 17.2. The Morgan fingerprint density at radius 2 is 1.97 bits per heavy atom. The predicted molar refractivity (Wildman–Crippen MR) is 109 cm³/mol. The van der Waals surface area contributed by atoms with E-state index in [9.17, 15) is 13.2 Å². The van der Waals surface area contributed by atoms with E-state index in [1.807, 2.05) is 12.1 Å². The minimum atomic E-state index is -2.88. The average Bonchev–Trinajstić information content (AvgIpc) is 3.53. The van der Waals surface area contributed by atoms with E-state index < -0.39 is 18.1 Å². The van der Waals surface area contributed by atoms with Crippen LogP contribution in [-0.2, 0) is 19.6 Å². The number of rotatable bonds is 6.